The van der Waals surface area contributed by atoms with Gasteiger partial charge in [-0.3, -0.25) is 4.79 Å². The van der Waals surface area contributed by atoms with E-state index in [9.17, 15) is 4.79 Å². The lowest BCUT2D eigenvalue weighted by atomic mass is 9.94. The minimum Gasteiger partial charge on any atom is -0.465 e. The third kappa shape index (κ3) is 9.20. The normalized spacial score (nSPS) is 13.1. The zero-order chi connectivity index (χ0) is 13.3. The lowest BCUT2D eigenvalue weighted by Gasteiger charge is -2.16. The zero-order valence-electron chi connectivity index (χ0n) is 12.3. The second-order valence-corrected chi connectivity index (χ2v) is 5.81. The summed E-state index contributed by atoms with van der Waals surface area (Å²) >= 11 is 0. The van der Waals surface area contributed by atoms with Gasteiger partial charge in [0.25, 0.3) is 0 Å². The molecule has 0 aromatic carbocycles. The summed E-state index contributed by atoms with van der Waals surface area (Å²) in [6.07, 6.45) is 5.08. The Morgan fingerprint density at radius 3 is 2.00 bits per heavy atom. The Labute approximate surface area is 107 Å². The molecule has 0 aliphatic heterocycles. The summed E-state index contributed by atoms with van der Waals surface area (Å²) in [7, 11) is 0. The lowest BCUT2D eigenvalue weighted by molar-refractivity contribution is -0.149. The first-order valence-electron chi connectivity index (χ1n) is 7.14. The van der Waals surface area contributed by atoms with Crippen LogP contribution in [0, 0.1) is 17.8 Å². The smallest absolute Gasteiger partial charge is 0.308 e. The van der Waals surface area contributed by atoms with Gasteiger partial charge >= 0.3 is 5.97 Å². The van der Waals surface area contributed by atoms with E-state index < -0.39 is 0 Å². The Morgan fingerprint density at radius 2 is 1.53 bits per heavy atom. The highest BCUT2D eigenvalue weighted by Crippen LogP contribution is 2.19. The van der Waals surface area contributed by atoms with Crippen LogP contribution in [0.4, 0.5) is 0 Å². The molecule has 0 amide bonds. The molecule has 0 spiro atoms. The van der Waals surface area contributed by atoms with Crippen LogP contribution in [0.15, 0.2) is 0 Å². The quantitative estimate of drug-likeness (QED) is 0.559. The third-order valence-electron chi connectivity index (χ3n) is 3.00. The standard InChI is InChI=1S/C15H30O2/c1-6-7-14(9-8-12(2)3)15(16)17-11-10-13(4)5/h12-14H,6-11H2,1-5H3. The van der Waals surface area contributed by atoms with Crippen LogP contribution in [-0.2, 0) is 9.53 Å². The summed E-state index contributed by atoms with van der Waals surface area (Å²) in [5.74, 6) is 1.41. The number of hydrogen-bond acceptors (Lipinski definition) is 2. The summed E-state index contributed by atoms with van der Waals surface area (Å²) < 4.78 is 5.36. The summed E-state index contributed by atoms with van der Waals surface area (Å²) in [4.78, 5) is 11.9. The van der Waals surface area contributed by atoms with Gasteiger partial charge in [0.1, 0.15) is 0 Å². The monoisotopic (exact) mass is 242 g/mol. The molecule has 0 N–H and O–H groups in total. The summed E-state index contributed by atoms with van der Waals surface area (Å²) in [5.41, 5.74) is 0. The van der Waals surface area contributed by atoms with E-state index in [0.717, 1.165) is 32.1 Å². The first kappa shape index (κ1) is 16.5. The first-order valence-corrected chi connectivity index (χ1v) is 7.14. The molecule has 0 fully saturated rings. The highest BCUT2D eigenvalue weighted by atomic mass is 16.5. The maximum atomic E-state index is 11.9. The highest BCUT2D eigenvalue weighted by molar-refractivity contribution is 5.72. The first-order chi connectivity index (χ1) is 7.97. The topological polar surface area (TPSA) is 26.3 Å². The largest absolute Gasteiger partial charge is 0.465 e. The Kier molecular flexibility index (Phi) is 9.20. The molecule has 2 nitrogen and oxygen atoms in total. The van der Waals surface area contributed by atoms with Crippen LogP contribution in [0.25, 0.3) is 0 Å². The third-order valence-corrected chi connectivity index (χ3v) is 3.00. The van der Waals surface area contributed by atoms with Crippen LogP contribution in [0.1, 0.15) is 66.7 Å². The summed E-state index contributed by atoms with van der Waals surface area (Å²) in [5, 5.41) is 0. The van der Waals surface area contributed by atoms with Crippen molar-refractivity contribution in [3.63, 3.8) is 0 Å². The molecule has 1 atom stereocenters. The average Bonchev–Trinajstić information content (AvgIpc) is 2.23. The van der Waals surface area contributed by atoms with Crippen molar-refractivity contribution in [3.05, 3.63) is 0 Å². The Hall–Kier alpha value is -0.530. The molecule has 0 aliphatic carbocycles. The average molecular weight is 242 g/mol. The fraction of sp³-hybridized carbons (Fsp3) is 0.933. The molecule has 0 bridgehead atoms. The molecule has 0 saturated heterocycles. The molecular weight excluding hydrogens is 212 g/mol. The van der Waals surface area contributed by atoms with Gasteiger partial charge in [0, 0.05) is 0 Å². The van der Waals surface area contributed by atoms with Crippen molar-refractivity contribution in [2.45, 2.75) is 66.7 Å². The molecule has 0 heterocycles. The maximum absolute atomic E-state index is 11.9. The minimum atomic E-state index is 0.0214. The SMILES string of the molecule is CCCC(CCC(C)C)C(=O)OCCC(C)C. The number of carbonyl (C=O) groups is 1. The lowest BCUT2D eigenvalue weighted by Crippen LogP contribution is -2.19. The number of esters is 1. The van der Waals surface area contributed by atoms with Crippen molar-refractivity contribution in [1.29, 1.82) is 0 Å². The second-order valence-electron chi connectivity index (χ2n) is 5.81. The van der Waals surface area contributed by atoms with Crippen molar-refractivity contribution in [2.75, 3.05) is 6.61 Å². The molecule has 0 aromatic heterocycles. The molecule has 17 heavy (non-hydrogen) atoms. The molecule has 0 saturated carbocycles. The molecule has 0 radical (unpaired) electrons. The van der Waals surface area contributed by atoms with E-state index in [0.29, 0.717) is 18.4 Å². The van der Waals surface area contributed by atoms with E-state index in [1.165, 1.54) is 0 Å². The number of ether oxygens (including phenoxy) is 1. The molecule has 2 heteroatoms. The van der Waals surface area contributed by atoms with E-state index in [-0.39, 0.29) is 11.9 Å². The van der Waals surface area contributed by atoms with E-state index in [2.05, 4.69) is 34.6 Å². The van der Waals surface area contributed by atoms with Gasteiger partial charge in [-0.05, 0) is 31.1 Å². The predicted octanol–water partition coefficient (Wildman–Crippen LogP) is 4.43. The van der Waals surface area contributed by atoms with E-state index in [4.69, 9.17) is 4.74 Å². The van der Waals surface area contributed by atoms with Crippen molar-refractivity contribution < 1.29 is 9.53 Å². The zero-order valence-corrected chi connectivity index (χ0v) is 12.3. The maximum Gasteiger partial charge on any atom is 0.308 e. The van der Waals surface area contributed by atoms with Crippen LogP contribution >= 0.6 is 0 Å². The Bertz CT molecular complexity index is 197. The summed E-state index contributed by atoms with van der Waals surface area (Å²) in [6, 6.07) is 0. The predicted molar refractivity (Wildman–Crippen MR) is 72.9 cm³/mol. The Balaban J connectivity index is 3.96. The van der Waals surface area contributed by atoms with Gasteiger partial charge in [0.2, 0.25) is 0 Å². The van der Waals surface area contributed by atoms with Crippen molar-refractivity contribution in [3.8, 4) is 0 Å². The van der Waals surface area contributed by atoms with Gasteiger partial charge in [-0.25, -0.2) is 0 Å². The molecule has 0 aliphatic rings. The van der Waals surface area contributed by atoms with E-state index in [1.807, 2.05) is 0 Å². The molecule has 0 rings (SSSR count). The Morgan fingerprint density at radius 1 is 0.941 bits per heavy atom. The molecule has 0 aromatic rings. The summed E-state index contributed by atoms with van der Waals surface area (Å²) in [6.45, 7) is 11.4. The van der Waals surface area contributed by atoms with Gasteiger partial charge in [0.15, 0.2) is 0 Å². The van der Waals surface area contributed by atoms with Gasteiger partial charge in [-0.2, -0.15) is 0 Å². The van der Waals surface area contributed by atoms with Crippen LogP contribution in [-0.4, -0.2) is 12.6 Å². The van der Waals surface area contributed by atoms with Crippen molar-refractivity contribution in [2.24, 2.45) is 17.8 Å². The molecular formula is C15H30O2. The van der Waals surface area contributed by atoms with Gasteiger partial charge < -0.3 is 4.74 Å². The fourth-order valence-electron chi connectivity index (χ4n) is 1.78. The minimum absolute atomic E-state index is 0.0214. The van der Waals surface area contributed by atoms with Crippen molar-refractivity contribution in [1.82, 2.24) is 0 Å². The highest BCUT2D eigenvalue weighted by Gasteiger charge is 2.19. The van der Waals surface area contributed by atoms with Gasteiger partial charge in [0.05, 0.1) is 12.5 Å². The van der Waals surface area contributed by atoms with E-state index >= 15 is 0 Å². The van der Waals surface area contributed by atoms with Crippen LogP contribution in [0.3, 0.4) is 0 Å². The van der Waals surface area contributed by atoms with Crippen LogP contribution in [0.5, 0.6) is 0 Å². The van der Waals surface area contributed by atoms with Gasteiger partial charge in [-0.15, -0.1) is 0 Å². The number of hydrogen-bond donors (Lipinski definition) is 0. The second kappa shape index (κ2) is 9.49. The van der Waals surface area contributed by atoms with Gasteiger partial charge in [-0.1, -0.05) is 47.5 Å². The van der Waals surface area contributed by atoms with E-state index in [1.54, 1.807) is 0 Å². The number of carbonyl (C=O) groups excluding carboxylic acids is 1. The van der Waals surface area contributed by atoms with Crippen LogP contribution < -0.4 is 0 Å². The molecule has 102 valence electrons. The molecule has 1 unspecified atom stereocenters. The van der Waals surface area contributed by atoms with Crippen LogP contribution in [0.2, 0.25) is 0 Å². The fourth-order valence-corrected chi connectivity index (χ4v) is 1.78. The number of rotatable bonds is 9. The van der Waals surface area contributed by atoms with Crippen molar-refractivity contribution >= 4 is 5.97 Å².